The Morgan fingerprint density at radius 3 is 2.56 bits per heavy atom. The predicted molar refractivity (Wildman–Crippen MR) is 120 cm³/mol. The van der Waals surface area contributed by atoms with Gasteiger partial charge in [0, 0.05) is 25.7 Å². The lowest BCUT2D eigenvalue weighted by molar-refractivity contribution is -0.124. The molecular formula is C23H32FN5O3. The van der Waals surface area contributed by atoms with Gasteiger partial charge in [0.2, 0.25) is 5.91 Å². The van der Waals surface area contributed by atoms with E-state index in [2.05, 4.69) is 20.5 Å². The third-order valence-electron chi connectivity index (χ3n) is 5.69. The summed E-state index contributed by atoms with van der Waals surface area (Å²) in [4.78, 5) is 32.5. The molecule has 9 heteroatoms. The molecule has 1 aliphatic rings. The van der Waals surface area contributed by atoms with Gasteiger partial charge in [-0.15, -0.1) is 0 Å². The maximum atomic E-state index is 14.4. The first-order valence-corrected chi connectivity index (χ1v) is 10.7. The van der Waals surface area contributed by atoms with Crippen LogP contribution < -0.4 is 15.4 Å². The van der Waals surface area contributed by atoms with E-state index in [4.69, 9.17) is 4.74 Å². The molecule has 0 saturated heterocycles. The highest BCUT2D eigenvalue weighted by molar-refractivity contribution is 5.97. The number of rotatable bonds is 5. The fourth-order valence-electron chi connectivity index (χ4n) is 3.95. The largest absolute Gasteiger partial charge is 0.494 e. The van der Waals surface area contributed by atoms with Crippen LogP contribution in [0, 0.1) is 11.2 Å². The summed E-state index contributed by atoms with van der Waals surface area (Å²) in [5.74, 6) is -0.521. The Bertz CT molecular complexity index is 1010. The molecule has 0 radical (unpaired) electrons. The number of benzene rings is 1. The van der Waals surface area contributed by atoms with Crippen LogP contribution >= 0.6 is 0 Å². The standard InChI is InChI=1S/C23H32FN5O3/c1-23(2,3)19(22(31)25-4)27-21(30)18-16-13-28(5)10-7-11-29(16)20(26-18)14-8-9-17(32-6)15(24)12-14/h8-9,12,19H,7,10-11,13H2,1-6H3,(H,25,31)(H,27,30). The van der Waals surface area contributed by atoms with Gasteiger partial charge >= 0.3 is 0 Å². The summed E-state index contributed by atoms with van der Waals surface area (Å²) in [5, 5.41) is 5.48. The second-order valence-electron chi connectivity index (χ2n) is 9.21. The summed E-state index contributed by atoms with van der Waals surface area (Å²) < 4.78 is 21.4. The molecule has 2 heterocycles. The lowest BCUT2D eigenvalue weighted by atomic mass is 9.86. The smallest absolute Gasteiger partial charge is 0.272 e. The molecule has 1 aromatic heterocycles. The van der Waals surface area contributed by atoms with Crippen LogP contribution in [-0.4, -0.2) is 60.1 Å². The number of halogens is 1. The minimum Gasteiger partial charge on any atom is -0.494 e. The van der Waals surface area contributed by atoms with Gasteiger partial charge in [0.05, 0.1) is 12.8 Å². The molecule has 1 atom stereocenters. The summed E-state index contributed by atoms with van der Waals surface area (Å²) in [5.41, 5.74) is 1.07. The Kier molecular flexibility index (Phi) is 6.88. The highest BCUT2D eigenvalue weighted by Gasteiger charge is 2.34. The molecule has 0 bridgehead atoms. The Labute approximate surface area is 188 Å². The highest BCUT2D eigenvalue weighted by atomic mass is 19.1. The SMILES string of the molecule is CNC(=O)C(NC(=O)c1nc(-c2ccc(OC)c(F)c2)n2c1CN(C)CCC2)C(C)(C)C. The van der Waals surface area contributed by atoms with Crippen molar-refractivity contribution in [3.05, 3.63) is 35.4 Å². The van der Waals surface area contributed by atoms with E-state index < -0.39 is 23.2 Å². The molecule has 1 aliphatic heterocycles. The maximum absolute atomic E-state index is 14.4. The van der Waals surface area contributed by atoms with Crippen LogP contribution in [-0.2, 0) is 17.9 Å². The van der Waals surface area contributed by atoms with Crippen LogP contribution in [0.3, 0.4) is 0 Å². The number of likely N-dealkylation sites (N-methyl/N-ethyl adjacent to an activating group) is 1. The summed E-state index contributed by atoms with van der Waals surface area (Å²) in [6.45, 7) is 7.71. The maximum Gasteiger partial charge on any atom is 0.272 e. The highest BCUT2D eigenvalue weighted by Crippen LogP contribution is 2.29. The zero-order valence-electron chi connectivity index (χ0n) is 19.6. The molecule has 174 valence electrons. The van der Waals surface area contributed by atoms with E-state index in [0.29, 0.717) is 24.5 Å². The van der Waals surface area contributed by atoms with Gasteiger partial charge in [-0.25, -0.2) is 9.37 Å². The molecule has 0 saturated carbocycles. The van der Waals surface area contributed by atoms with Crippen molar-refractivity contribution in [2.45, 2.75) is 46.3 Å². The van der Waals surface area contributed by atoms with Crippen molar-refractivity contribution >= 4 is 11.8 Å². The first-order valence-electron chi connectivity index (χ1n) is 10.7. The molecule has 8 nitrogen and oxygen atoms in total. The van der Waals surface area contributed by atoms with Crippen LogP contribution in [0.2, 0.25) is 0 Å². The van der Waals surface area contributed by atoms with Crippen molar-refractivity contribution in [2.75, 3.05) is 27.7 Å². The van der Waals surface area contributed by atoms with Gasteiger partial charge < -0.3 is 24.8 Å². The van der Waals surface area contributed by atoms with Crippen LogP contribution in [0.5, 0.6) is 5.75 Å². The number of amides is 2. The number of nitrogens with one attached hydrogen (secondary N) is 2. The molecule has 32 heavy (non-hydrogen) atoms. The Hall–Kier alpha value is -2.94. The van der Waals surface area contributed by atoms with Gasteiger partial charge in [-0.3, -0.25) is 9.59 Å². The van der Waals surface area contributed by atoms with Crippen LogP contribution in [0.1, 0.15) is 43.4 Å². The van der Waals surface area contributed by atoms with E-state index in [1.807, 2.05) is 32.4 Å². The summed E-state index contributed by atoms with van der Waals surface area (Å²) >= 11 is 0. The summed E-state index contributed by atoms with van der Waals surface area (Å²) in [7, 11) is 4.94. The lowest BCUT2D eigenvalue weighted by Gasteiger charge is -2.29. The van der Waals surface area contributed by atoms with E-state index in [-0.39, 0.29) is 17.4 Å². The quantitative estimate of drug-likeness (QED) is 0.738. The summed E-state index contributed by atoms with van der Waals surface area (Å²) in [6.07, 6.45) is 0.870. The van der Waals surface area contributed by atoms with Crippen molar-refractivity contribution in [3.63, 3.8) is 0 Å². The van der Waals surface area contributed by atoms with E-state index in [1.165, 1.54) is 13.2 Å². The summed E-state index contributed by atoms with van der Waals surface area (Å²) in [6, 6.07) is 3.92. The van der Waals surface area contributed by atoms with Crippen molar-refractivity contribution in [1.29, 1.82) is 0 Å². The van der Waals surface area contributed by atoms with Crippen molar-refractivity contribution < 1.29 is 18.7 Å². The van der Waals surface area contributed by atoms with Gasteiger partial charge in [0.15, 0.2) is 17.3 Å². The molecule has 0 spiro atoms. The monoisotopic (exact) mass is 445 g/mol. The molecule has 0 aliphatic carbocycles. The van der Waals surface area contributed by atoms with Gasteiger partial charge in [-0.2, -0.15) is 0 Å². The average molecular weight is 446 g/mol. The number of carbonyl (C=O) groups excluding carboxylic acids is 2. The molecule has 2 aromatic rings. The normalized spacial score (nSPS) is 15.5. The van der Waals surface area contributed by atoms with Crippen molar-refractivity contribution in [3.8, 4) is 17.1 Å². The third-order valence-corrected chi connectivity index (χ3v) is 5.69. The number of nitrogens with zero attached hydrogens (tertiary/aromatic N) is 3. The predicted octanol–water partition coefficient (Wildman–Crippen LogP) is 2.42. The number of fused-ring (bicyclic) bond motifs is 1. The fraction of sp³-hybridized carbons (Fsp3) is 0.522. The molecule has 1 aromatic carbocycles. The number of methoxy groups -OCH3 is 1. The van der Waals surface area contributed by atoms with E-state index in [0.717, 1.165) is 18.7 Å². The van der Waals surface area contributed by atoms with Crippen molar-refractivity contribution in [2.24, 2.45) is 5.41 Å². The fourth-order valence-corrected chi connectivity index (χ4v) is 3.95. The zero-order valence-corrected chi connectivity index (χ0v) is 19.6. The van der Waals surface area contributed by atoms with E-state index in [1.54, 1.807) is 19.2 Å². The first-order chi connectivity index (χ1) is 15.1. The average Bonchev–Trinajstić information content (AvgIpc) is 2.97. The molecule has 0 fully saturated rings. The van der Waals surface area contributed by atoms with Gasteiger partial charge in [-0.05, 0) is 43.6 Å². The molecule has 1 unspecified atom stereocenters. The number of imidazole rings is 1. The number of hydrogen-bond donors (Lipinski definition) is 2. The Morgan fingerprint density at radius 2 is 1.97 bits per heavy atom. The second kappa shape index (κ2) is 9.28. The second-order valence-corrected chi connectivity index (χ2v) is 9.21. The van der Waals surface area contributed by atoms with Crippen molar-refractivity contribution in [1.82, 2.24) is 25.1 Å². The Balaban J connectivity index is 2.07. The topological polar surface area (TPSA) is 88.5 Å². The van der Waals surface area contributed by atoms with E-state index in [9.17, 15) is 14.0 Å². The molecule has 2 amide bonds. The van der Waals surface area contributed by atoms with Gasteiger partial charge in [0.1, 0.15) is 11.9 Å². The molecule has 3 rings (SSSR count). The number of aromatic nitrogens is 2. The van der Waals surface area contributed by atoms with Crippen LogP contribution in [0.15, 0.2) is 18.2 Å². The van der Waals surface area contributed by atoms with Crippen LogP contribution in [0.4, 0.5) is 4.39 Å². The first kappa shape index (κ1) is 23.7. The number of carbonyl (C=O) groups is 2. The molecule has 2 N–H and O–H groups in total. The zero-order chi connectivity index (χ0) is 23.6. The van der Waals surface area contributed by atoms with Crippen LogP contribution in [0.25, 0.3) is 11.4 Å². The van der Waals surface area contributed by atoms with Gasteiger partial charge in [-0.1, -0.05) is 20.8 Å². The van der Waals surface area contributed by atoms with E-state index >= 15 is 0 Å². The minimum atomic E-state index is -0.734. The minimum absolute atomic E-state index is 0.146. The molecular weight excluding hydrogens is 413 g/mol. The number of hydrogen-bond acceptors (Lipinski definition) is 5. The third kappa shape index (κ3) is 4.77. The number of ether oxygens (including phenoxy) is 1. The van der Waals surface area contributed by atoms with Gasteiger partial charge in [0.25, 0.3) is 5.91 Å². The lowest BCUT2D eigenvalue weighted by Crippen LogP contribution is -2.53. The Morgan fingerprint density at radius 1 is 1.25 bits per heavy atom.